The van der Waals surface area contributed by atoms with E-state index in [0.717, 1.165) is 19.4 Å². The molecule has 2 N–H and O–H groups in total. The van der Waals surface area contributed by atoms with Crippen LogP contribution < -0.4 is 15.0 Å². The molecular formula is C17H19F2N2O2S+. The highest BCUT2D eigenvalue weighted by Crippen LogP contribution is 2.23. The lowest BCUT2D eigenvalue weighted by Gasteiger charge is -2.20. The molecule has 1 saturated heterocycles. The number of rotatable bonds is 6. The van der Waals surface area contributed by atoms with Gasteiger partial charge < -0.3 is 15.0 Å². The minimum Gasteiger partial charge on any atom is -0.435 e. The second-order valence-electron chi connectivity index (χ2n) is 5.75. The van der Waals surface area contributed by atoms with Gasteiger partial charge in [-0.05, 0) is 35.7 Å². The fourth-order valence-electron chi connectivity index (χ4n) is 3.09. The van der Waals surface area contributed by atoms with Crippen molar-refractivity contribution in [3.05, 3.63) is 46.7 Å². The maximum atomic E-state index is 12.3. The van der Waals surface area contributed by atoms with Gasteiger partial charge in [0.1, 0.15) is 11.8 Å². The Balaban J connectivity index is 1.55. The van der Waals surface area contributed by atoms with Crippen LogP contribution in [-0.2, 0) is 4.79 Å². The molecule has 0 spiro atoms. The molecule has 2 aromatic rings. The number of thiophene rings is 1. The number of ether oxygens (including phenoxy) is 1. The monoisotopic (exact) mass is 353 g/mol. The van der Waals surface area contributed by atoms with Gasteiger partial charge in [0.2, 0.25) is 0 Å². The third kappa shape index (κ3) is 4.30. The molecule has 1 aliphatic rings. The van der Waals surface area contributed by atoms with Crippen molar-refractivity contribution in [2.24, 2.45) is 0 Å². The van der Waals surface area contributed by atoms with E-state index in [1.54, 1.807) is 23.5 Å². The van der Waals surface area contributed by atoms with Gasteiger partial charge in [-0.3, -0.25) is 4.79 Å². The summed E-state index contributed by atoms with van der Waals surface area (Å²) in [6, 6.07) is 10.5. The molecule has 2 atom stereocenters. The second-order valence-corrected chi connectivity index (χ2v) is 6.73. The second kappa shape index (κ2) is 7.72. The lowest BCUT2D eigenvalue weighted by molar-refractivity contribution is -0.910. The van der Waals surface area contributed by atoms with Crippen LogP contribution in [0.3, 0.4) is 0 Å². The average molecular weight is 353 g/mol. The van der Waals surface area contributed by atoms with E-state index in [9.17, 15) is 13.6 Å². The highest BCUT2D eigenvalue weighted by molar-refractivity contribution is 7.10. The van der Waals surface area contributed by atoms with Gasteiger partial charge in [0.05, 0.1) is 11.4 Å². The number of halogens is 2. The Morgan fingerprint density at radius 2 is 2.12 bits per heavy atom. The van der Waals surface area contributed by atoms with Crippen LogP contribution in [0.5, 0.6) is 5.75 Å². The quantitative estimate of drug-likeness (QED) is 0.839. The summed E-state index contributed by atoms with van der Waals surface area (Å²) in [7, 11) is 0. The van der Waals surface area contributed by atoms with Crippen molar-refractivity contribution in [3.8, 4) is 5.75 Å². The first kappa shape index (κ1) is 16.9. The molecule has 7 heteroatoms. The summed E-state index contributed by atoms with van der Waals surface area (Å²) >= 11 is 1.73. The van der Waals surface area contributed by atoms with Crippen molar-refractivity contribution >= 4 is 22.9 Å². The third-order valence-corrected chi connectivity index (χ3v) is 5.11. The first-order chi connectivity index (χ1) is 11.6. The van der Waals surface area contributed by atoms with E-state index in [1.807, 2.05) is 6.07 Å². The van der Waals surface area contributed by atoms with E-state index in [1.165, 1.54) is 21.9 Å². The van der Waals surface area contributed by atoms with Gasteiger partial charge in [-0.15, -0.1) is 11.3 Å². The molecule has 2 heterocycles. The molecular weight excluding hydrogens is 334 g/mol. The predicted octanol–water partition coefficient (Wildman–Crippen LogP) is 2.71. The largest absolute Gasteiger partial charge is 0.435 e. The zero-order chi connectivity index (χ0) is 16.9. The number of likely N-dealkylation sites (tertiary alicyclic amines) is 1. The SMILES string of the molecule is O=C(C[NH+]1CCC[C@@H]1c1cccs1)Nc1ccc(OC(F)F)cc1. The van der Waals surface area contributed by atoms with Gasteiger partial charge in [0.25, 0.3) is 5.91 Å². The molecule has 128 valence electrons. The molecule has 0 aliphatic carbocycles. The van der Waals surface area contributed by atoms with E-state index in [-0.39, 0.29) is 11.7 Å². The maximum Gasteiger partial charge on any atom is 0.387 e. The lowest BCUT2D eigenvalue weighted by Crippen LogP contribution is -3.11. The normalized spacial score (nSPS) is 20.3. The summed E-state index contributed by atoms with van der Waals surface area (Å²) < 4.78 is 28.5. The van der Waals surface area contributed by atoms with Gasteiger partial charge in [-0.2, -0.15) is 8.78 Å². The number of carbonyl (C=O) groups excluding carboxylic acids is 1. The van der Waals surface area contributed by atoms with Crippen molar-refractivity contribution < 1.29 is 23.2 Å². The Labute approximate surface area is 143 Å². The highest BCUT2D eigenvalue weighted by Gasteiger charge is 2.32. The molecule has 1 unspecified atom stereocenters. The van der Waals surface area contributed by atoms with Crippen molar-refractivity contribution in [2.45, 2.75) is 25.5 Å². The van der Waals surface area contributed by atoms with E-state index in [4.69, 9.17) is 0 Å². The van der Waals surface area contributed by atoms with Crippen LogP contribution in [0.1, 0.15) is 23.8 Å². The van der Waals surface area contributed by atoms with Crippen LogP contribution in [-0.4, -0.2) is 25.6 Å². The van der Waals surface area contributed by atoms with Gasteiger partial charge in [0.15, 0.2) is 6.54 Å². The number of hydrogen-bond donors (Lipinski definition) is 2. The fraction of sp³-hybridized carbons (Fsp3) is 0.353. The van der Waals surface area contributed by atoms with Gasteiger partial charge >= 0.3 is 6.61 Å². The minimum atomic E-state index is -2.85. The molecule has 24 heavy (non-hydrogen) atoms. The Bertz CT molecular complexity index is 662. The number of carbonyl (C=O) groups is 1. The standard InChI is InChI=1S/C17H18F2N2O2S/c18-17(19)23-13-7-5-12(6-8-13)20-16(22)11-21-9-1-3-14(21)15-4-2-10-24-15/h2,4-8,10,14,17H,1,3,9,11H2,(H,20,22)/p+1/t14-/m1/s1. The molecule has 0 bridgehead atoms. The highest BCUT2D eigenvalue weighted by atomic mass is 32.1. The number of alkyl halides is 2. The van der Waals surface area contributed by atoms with Crippen molar-refractivity contribution in [1.29, 1.82) is 0 Å². The zero-order valence-electron chi connectivity index (χ0n) is 13.0. The first-order valence-electron chi connectivity index (χ1n) is 7.84. The summed E-state index contributed by atoms with van der Waals surface area (Å²) in [6.07, 6.45) is 2.22. The number of nitrogens with one attached hydrogen (secondary N) is 2. The average Bonchev–Trinajstić information content (AvgIpc) is 3.19. The Morgan fingerprint density at radius 3 is 2.79 bits per heavy atom. The van der Waals surface area contributed by atoms with E-state index >= 15 is 0 Å². The van der Waals surface area contributed by atoms with Gasteiger partial charge in [-0.25, -0.2) is 0 Å². The summed E-state index contributed by atoms with van der Waals surface area (Å²) in [5, 5.41) is 4.88. The van der Waals surface area contributed by atoms with E-state index in [0.29, 0.717) is 18.3 Å². The minimum absolute atomic E-state index is 0.0732. The van der Waals surface area contributed by atoms with Gasteiger partial charge in [-0.1, -0.05) is 6.07 Å². The number of amides is 1. The predicted molar refractivity (Wildman–Crippen MR) is 88.7 cm³/mol. The van der Waals surface area contributed by atoms with Crippen LogP contribution in [0, 0.1) is 0 Å². The van der Waals surface area contributed by atoms with Crippen molar-refractivity contribution in [1.82, 2.24) is 0 Å². The topological polar surface area (TPSA) is 42.8 Å². The Kier molecular flexibility index (Phi) is 5.42. The fourth-order valence-corrected chi connectivity index (χ4v) is 4.01. The molecule has 3 rings (SSSR count). The van der Waals surface area contributed by atoms with Crippen molar-refractivity contribution in [2.75, 3.05) is 18.4 Å². The van der Waals surface area contributed by atoms with Crippen LogP contribution >= 0.6 is 11.3 Å². The van der Waals surface area contributed by atoms with Gasteiger partial charge in [0, 0.05) is 18.5 Å². The number of quaternary nitrogens is 1. The summed E-state index contributed by atoms with van der Waals surface area (Å²) in [6.45, 7) is -1.46. The third-order valence-electron chi connectivity index (χ3n) is 4.12. The van der Waals surface area contributed by atoms with Crippen LogP contribution in [0.15, 0.2) is 41.8 Å². The number of benzene rings is 1. The smallest absolute Gasteiger partial charge is 0.387 e. The van der Waals surface area contributed by atoms with E-state index < -0.39 is 6.61 Å². The molecule has 4 nitrogen and oxygen atoms in total. The molecule has 1 fully saturated rings. The molecule has 1 amide bonds. The summed E-state index contributed by atoms with van der Waals surface area (Å²) in [5.74, 6) is 0.00177. The molecule has 0 radical (unpaired) electrons. The van der Waals surface area contributed by atoms with E-state index in [2.05, 4.69) is 21.5 Å². The number of anilines is 1. The van der Waals surface area contributed by atoms with Crippen molar-refractivity contribution in [3.63, 3.8) is 0 Å². The van der Waals surface area contributed by atoms with Crippen LogP contribution in [0.2, 0.25) is 0 Å². The maximum absolute atomic E-state index is 12.3. The zero-order valence-corrected chi connectivity index (χ0v) is 13.8. The summed E-state index contributed by atoms with van der Waals surface area (Å²) in [5.41, 5.74) is 0.577. The summed E-state index contributed by atoms with van der Waals surface area (Å²) in [4.78, 5) is 14.9. The Hall–Kier alpha value is -1.99. The van der Waals surface area contributed by atoms with Crippen LogP contribution in [0.25, 0.3) is 0 Å². The molecule has 1 aliphatic heterocycles. The molecule has 1 aromatic carbocycles. The molecule has 1 aromatic heterocycles. The lowest BCUT2D eigenvalue weighted by atomic mass is 10.2. The molecule has 0 saturated carbocycles. The number of hydrogen-bond acceptors (Lipinski definition) is 3. The Morgan fingerprint density at radius 1 is 1.33 bits per heavy atom. The first-order valence-corrected chi connectivity index (χ1v) is 8.72. The van der Waals surface area contributed by atoms with Crippen LogP contribution in [0.4, 0.5) is 14.5 Å².